The van der Waals surface area contributed by atoms with Crippen LogP contribution in [0.1, 0.15) is 35.7 Å². The largest absolute Gasteiger partial charge is 0.481 e. The molecule has 0 radical (unpaired) electrons. The van der Waals surface area contributed by atoms with E-state index < -0.39 is 5.97 Å². The molecule has 0 bridgehead atoms. The summed E-state index contributed by atoms with van der Waals surface area (Å²) in [5.74, 6) is -1.65. The Kier molecular flexibility index (Phi) is 4.37. The number of aryl methyl sites for hydroxylation is 1. The minimum atomic E-state index is -0.916. The average molecular weight is 238 g/mol. The van der Waals surface area contributed by atoms with E-state index in [2.05, 4.69) is 0 Å². The Morgan fingerprint density at radius 3 is 2.53 bits per heavy atom. The predicted molar refractivity (Wildman–Crippen MR) is 61.5 cm³/mol. The van der Waals surface area contributed by atoms with Crippen molar-refractivity contribution in [2.75, 3.05) is 0 Å². The number of ketones is 1. The molecule has 1 N–H and O–H groups in total. The monoisotopic (exact) mass is 238 g/mol. The highest BCUT2D eigenvalue weighted by Crippen LogP contribution is 2.16. The maximum absolute atomic E-state index is 12.9. The lowest BCUT2D eigenvalue weighted by Gasteiger charge is -2.09. The smallest absolute Gasteiger partial charge is 0.303 e. The van der Waals surface area contributed by atoms with Gasteiger partial charge in [-0.1, -0.05) is 6.92 Å². The molecule has 0 saturated heterocycles. The van der Waals surface area contributed by atoms with Gasteiger partial charge in [-0.3, -0.25) is 9.59 Å². The highest BCUT2D eigenvalue weighted by molar-refractivity contribution is 5.97. The number of rotatable bonds is 5. The van der Waals surface area contributed by atoms with E-state index in [0.717, 1.165) is 0 Å². The SMILES string of the molecule is Cc1cc(F)ccc1C(=O)CC(C)CC(=O)O. The first-order chi connectivity index (χ1) is 7.90. The van der Waals surface area contributed by atoms with Gasteiger partial charge in [-0.25, -0.2) is 4.39 Å². The van der Waals surface area contributed by atoms with Crippen molar-refractivity contribution in [2.45, 2.75) is 26.7 Å². The Morgan fingerprint density at radius 1 is 1.35 bits per heavy atom. The van der Waals surface area contributed by atoms with Crippen LogP contribution in [-0.2, 0) is 4.79 Å². The van der Waals surface area contributed by atoms with Crippen LogP contribution in [0.3, 0.4) is 0 Å². The number of carboxylic acid groups (broad SMARTS) is 1. The molecule has 0 aliphatic rings. The van der Waals surface area contributed by atoms with Gasteiger partial charge >= 0.3 is 5.97 Å². The van der Waals surface area contributed by atoms with Crippen molar-refractivity contribution >= 4 is 11.8 Å². The zero-order chi connectivity index (χ0) is 13.0. The quantitative estimate of drug-likeness (QED) is 0.802. The van der Waals surface area contributed by atoms with Gasteiger partial charge in [-0.2, -0.15) is 0 Å². The van der Waals surface area contributed by atoms with Gasteiger partial charge in [-0.15, -0.1) is 0 Å². The molecule has 92 valence electrons. The van der Waals surface area contributed by atoms with E-state index >= 15 is 0 Å². The molecular formula is C13H15FO3. The van der Waals surface area contributed by atoms with Crippen molar-refractivity contribution in [1.29, 1.82) is 0 Å². The molecule has 4 heteroatoms. The third-order valence-electron chi connectivity index (χ3n) is 2.55. The third-order valence-corrected chi connectivity index (χ3v) is 2.55. The first kappa shape index (κ1) is 13.4. The molecule has 0 spiro atoms. The van der Waals surface area contributed by atoms with Crippen molar-refractivity contribution in [3.8, 4) is 0 Å². The van der Waals surface area contributed by atoms with Crippen LogP contribution < -0.4 is 0 Å². The average Bonchev–Trinajstić information content (AvgIpc) is 2.15. The predicted octanol–water partition coefficient (Wildman–Crippen LogP) is 2.82. The number of Topliss-reactive ketones (excluding diaryl/α,β-unsaturated/α-hetero) is 1. The van der Waals surface area contributed by atoms with Gasteiger partial charge in [-0.05, 0) is 36.6 Å². The summed E-state index contributed by atoms with van der Waals surface area (Å²) in [6, 6.07) is 3.98. The Labute approximate surface area is 99.3 Å². The van der Waals surface area contributed by atoms with Gasteiger partial charge in [0.25, 0.3) is 0 Å². The fraction of sp³-hybridized carbons (Fsp3) is 0.385. The molecule has 0 saturated carbocycles. The molecule has 3 nitrogen and oxygen atoms in total. The maximum atomic E-state index is 12.9. The normalized spacial score (nSPS) is 12.2. The summed E-state index contributed by atoms with van der Waals surface area (Å²) in [7, 11) is 0. The van der Waals surface area contributed by atoms with Crippen molar-refractivity contribution in [3.63, 3.8) is 0 Å². The fourth-order valence-electron chi connectivity index (χ4n) is 1.74. The number of carboxylic acids is 1. The Morgan fingerprint density at radius 2 is 2.00 bits per heavy atom. The van der Waals surface area contributed by atoms with Gasteiger partial charge in [0.05, 0.1) is 0 Å². The van der Waals surface area contributed by atoms with Crippen LogP contribution in [0.4, 0.5) is 4.39 Å². The molecule has 1 unspecified atom stereocenters. The van der Waals surface area contributed by atoms with Crippen molar-refractivity contribution < 1.29 is 19.1 Å². The van der Waals surface area contributed by atoms with Gasteiger partial charge in [0.1, 0.15) is 5.82 Å². The van der Waals surface area contributed by atoms with Crippen molar-refractivity contribution in [2.24, 2.45) is 5.92 Å². The van der Waals surface area contributed by atoms with E-state index in [-0.39, 0.29) is 30.4 Å². The standard InChI is InChI=1S/C13H15FO3/c1-8(6-13(16)17)5-12(15)11-4-3-10(14)7-9(11)2/h3-4,7-8H,5-6H2,1-2H3,(H,16,17). The minimum Gasteiger partial charge on any atom is -0.481 e. The number of aliphatic carboxylic acids is 1. The summed E-state index contributed by atoms with van der Waals surface area (Å²) < 4.78 is 12.9. The minimum absolute atomic E-state index is 0.0357. The van der Waals surface area contributed by atoms with Gasteiger partial charge in [0.15, 0.2) is 5.78 Å². The van der Waals surface area contributed by atoms with E-state index in [1.165, 1.54) is 18.2 Å². The number of hydrogen-bond donors (Lipinski definition) is 1. The van der Waals surface area contributed by atoms with Gasteiger partial charge < -0.3 is 5.11 Å². The molecule has 1 atom stereocenters. The molecular weight excluding hydrogens is 223 g/mol. The van der Waals surface area contributed by atoms with E-state index in [9.17, 15) is 14.0 Å². The molecule has 17 heavy (non-hydrogen) atoms. The lowest BCUT2D eigenvalue weighted by Crippen LogP contribution is -2.11. The molecule has 0 amide bonds. The fourth-order valence-corrected chi connectivity index (χ4v) is 1.74. The summed E-state index contributed by atoms with van der Waals surface area (Å²) in [6.45, 7) is 3.38. The summed E-state index contributed by atoms with van der Waals surface area (Å²) in [5.41, 5.74) is 1.04. The van der Waals surface area contributed by atoms with Crippen LogP contribution in [0.5, 0.6) is 0 Å². The second-order valence-electron chi connectivity index (χ2n) is 4.29. The lowest BCUT2D eigenvalue weighted by atomic mass is 9.95. The Bertz CT molecular complexity index is 440. The molecule has 0 fully saturated rings. The first-order valence-electron chi connectivity index (χ1n) is 5.41. The highest BCUT2D eigenvalue weighted by atomic mass is 19.1. The first-order valence-corrected chi connectivity index (χ1v) is 5.41. The number of carbonyl (C=O) groups excluding carboxylic acids is 1. The molecule has 1 aromatic rings. The Hall–Kier alpha value is -1.71. The van der Waals surface area contributed by atoms with E-state index in [1.807, 2.05) is 0 Å². The van der Waals surface area contributed by atoms with Crippen LogP contribution in [0.15, 0.2) is 18.2 Å². The molecule has 0 aromatic heterocycles. The maximum Gasteiger partial charge on any atom is 0.303 e. The van der Waals surface area contributed by atoms with Crippen LogP contribution in [0.25, 0.3) is 0 Å². The topological polar surface area (TPSA) is 54.4 Å². The molecule has 0 heterocycles. The van der Waals surface area contributed by atoms with Gasteiger partial charge in [0, 0.05) is 18.4 Å². The van der Waals surface area contributed by atoms with E-state index in [4.69, 9.17) is 5.11 Å². The number of carbonyl (C=O) groups is 2. The molecule has 1 aromatic carbocycles. The molecule has 0 aliphatic carbocycles. The van der Waals surface area contributed by atoms with E-state index in [1.54, 1.807) is 13.8 Å². The Balaban J connectivity index is 2.73. The summed E-state index contributed by atoms with van der Waals surface area (Å²) in [5, 5.41) is 8.60. The highest BCUT2D eigenvalue weighted by Gasteiger charge is 2.15. The zero-order valence-corrected chi connectivity index (χ0v) is 9.87. The third kappa shape index (κ3) is 3.98. The number of hydrogen-bond acceptors (Lipinski definition) is 2. The second-order valence-corrected chi connectivity index (χ2v) is 4.29. The van der Waals surface area contributed by atoms with Crippen LogP contribution in [0, 0.1) is 18.7 Å². The second kappa shape index (κ2) is 5.57. The molecule has 1 rings (SSSR count). The summed E-state index contributed by atoms with van der Waals surface area (Å²) in [6.07, 6.45) is 0.130. The van der Waals surface area contributed by atoms with Crippen LogP contribution in [-0.4, -0.2) is 16.9 Å². The number of benzene rings is 1. The van der Waals surface area contributed by atoms with Crippen molar-refractivity contribution in [3.05, 3.63) is 35.1 Å². The van der Waals surface area contributed by atoms with E-state index in [0.29, 0.717) is 11.1 Å². The lowest BCUT2D eigenvalue weighted by molar-refractivity contribution is -0.137. The summed E-state index contributed by atoms with van der Waals surface area (Å²) in [4.78, 5) is 22.3. The molecule has 0 aliphatic heterocycles. The van der Waals surface area contributed by atoms with Crippen LogP contribution in [0.2, 0.25) is 0 Å². The zero-order valence-electron chi connectivity index (χ0n) is 9.87. The summed E-state index contributed by atoms with van der Waals surface area (Å²) >= 11 is 0. The number of halogens is 1. The van der Waals surface area contributed by atoms with Crippen LogP contribution >= 0.6 is 0 Å². The van der Waals surface area contributed by atoms with Gasteiger partial charge in [0.2, 0.25) is 0 Å². The van der Waals surface area contributed by atoms with Crippen molar-refractivity contribution in [1.82, 2.24) is 0 Å².